The zero-order chi connectivity index (χ0) is 13.0. The Bertz CT molecular complexity index is 540. The van der Waals surface area contributed by atoms with E-state index in [0.29, 0.717) is 11.3 Å². The molecule has 1 aromatic rings. The fourth-order valence-corrected chi connectivity index (χ4v) is 1.16. The Labute approximate surface area is 97.5 Å². The van der Waals surface area contributed by atoms with Gasteiger partial charge in [0.25, 0.3) is 5.69 Å². The van der Waals surface area contributed by atoms with E-state index in [1.54, 1.807) is 6.92 Å². The van der Waals surface area contributed by atoms with Gasteiger partial charge in [-0.1, -0.05) is 5.92 Å². The molecule has 1 rings (SSSR count). The van der Waals surface area contributed by atoms with Gasteiger partial charge >= 0.3 is 5.97 Å². The van der Waals surface area contributed by atoms with Crippen LogP contribution in [0.3, 0.4) is 0 Å². The lowest BCUT2D eigenvalue weighted by atomic mass is 10.1. The monoisotopic (exact) mass is 234 g/mol. The first kappa shape index (κ1) is 12.5. The number of anilines is 1. The molecule has 0 aliphatic rings. The Morgan fingerprint density at radius 2 is 2.18 bits per heavy atom. The molecule has 2 N–H and O–H groups in total. The van der Waals surface area contributed by atoms with Gasteiger partial charge < -0.3 is 10.5 Å². The van der Waals surface area contributed by atoms with E-state index in [1.807, 2.05) is 0 Å². The Hall–Kier alpha value is -2.55. The van der Waals surface area contributed by atoms with Gasteiger partial charge in [-0.25, -0.2) is 4.79 Å². The molecule has 0 radical (unpaired) electrons. The van der Waals surface area contributed by atoms with Crippen LogP contribution in [-0.2, 0) is 9.53 Å². The molecule has 6 heteroatoms. The predicted octanol–water partition coefficient (Wildman–Crippen LogP) is 1.01. The number of nitro groups is 1. The van der Waals surface area contributed by atoms with Crippen molar-refractivity contribution in [3.05, 3.63) is 33.4 Å². The van der Waals surface area contributed by atoms with Gasteiger partial charge in [0, 0.05) is 18.1 Å². The first-order valence-electron chi connectivity index (χ1n) is 4.60. The van der Waals surface area contributed by atoms with Gasteiger partial charge in [0.1, 0.15) is 0 Å². The number of rotatable bonds is 1. The second-order valence-electron chi connectivity index (χ2n) is 3.22. The molecular weight excluding hydrogens is 224 g/mol. The number of nitro benzene ring substituents is 1. The van der Waals surface area contributed by atoms with Crippen molar-refractivity contribution in [1.82, 2.24) is 0 Å². The maximum absolute atomic E-state index is 10.8. The summed E-state index contributed by atoms with van der Waals surface area (Å²) in [4.78, 5) is 20.9. The number of hydrogen-bond acceptors (Lipinski definition) is 5. The largest absolute Gasteiger partial charge is 0.459 e. The maximum Gasteiger partial charge on any atom is 0.384 e. The predicted molar refractivity (Wildman–Crippen MR) is 61.1 cm³/mol. The lowest BCUT2D eigenvalue weighted by Crippen LogP contribution is -1.99. The Morgan fingerprint density at radius 1 is 1.53 bits per heavy atom. The molecule has 88 valence electrons. The van der Waals surface area contributed by atoms with Crippen LogP contribution in [0, 0.1) is 28.9 Å². The first-order chi connectivity index (χ1) is 7.95. The van der Waals surface area contributed by atoms with Crippen molar-refractivity contribution in [2.75, 3.05) is 12.8 Å². The Balaban J connectivity index is 3.26. The van der Waals surface area contributed by atoms with Gasteiger partial charge in [-0.2, -0.15) is 0 Å². The number of carbonyl (C=O) groups excluding carboxylic acids is 1. The molecule has 0 aromatic heterocycles. The number of hydrogen-bond donors (Lipinski definition) is 1. The van der Waals surface area contributed by atoms with E-state index in [1.165, 1.54) is 19.2 Å². The number of aryl methyl sites for hydroxylation is 1. The quantitative estimate of drug-likeness (QED) is 0.257. The van der Waals surface area contributed by atoms with E-state index in [9.17, 15) is 14.9 Å². The molecular formula is C11H10N2O4. The number of nitrogen functional groups attached to an aromatic ring is 1. The summed E-state index contributed by atoms with van der Waals surface area (Å²) in [6, 6.07) is 2.57. The maximum atomic E-state index is 10.8. The van der Waals surface area contributed by atoms with Crippen molar-refractivity contribution >= 4 is 17.3 Å². The smallest absolute Gasteiger partial charge is 0.384 e. The molecule has 0 unspecified atom stereocenters. The third kappa shape index (κ3) is 2.95. The number of esters is 1. The van der Waals surface area contributed by atoms with Crippen LogP contribution in [0.5, 0.6) is 0 Å². The molecule has 0 saturated carbocycles. The van der Waals surface area contributed by atoms with Crippen LogP contribution < -0.4 is 5.73 Å². The highest BCUT2D eigenvalue weighted by Gasteiger charge is 2.11. The lowest BCUT2D eigenvalue weighted by molar-refractivity contribution is -0.384. The molecule has 1 aromatic carbocycles. The summed E-state index contributed by atoms with van der Waals surface area (Å²) in [5, 5.41) is 10.6. The number of carbonyl (C=O) groups is 1. The lowest BCUT2D eigenvalue weighted by Gasteiger charge is -2.02. The van der Waals surface area contributed by atoms with Crippen LogP contribution in [0.2, 0.25) is 0 Å². The van der Waals surface area contributed by atoms with E-state index < -0.39 is 10.9 Å². The van der Waals surface area contributed by atoms with Crippen LogP contribution in [0.15, 0.2) is 12.1 Å². The molecule has 17 heavy (non-hydrogen) atoms. The van der Waals surface area contributed by atoms with Crippen LogP contribution in [0.4, 0.5) is 11.4 Å². The normalized spacial score (nSPS) is 9.06. The highest BCUT2D eigenvalue weighted by molar-refractivity contribution is 5.89. The molecule has 0 heterocycles. The minimum atomic E-state index is -0.728. The van der Waals surface area contributed by atoms with Gasteiger partial charge in [0.15, 0.2) is 0 Å². The fraction of sp³-hybridized carbons (Fsp3) is 0.182. The molecule has 0 bridgehead atoms. The standard InChI is InChI=1S/C11H10N2O4/c1-7-5-9(13(15)16)6-8(11(7)12)3-4-10(14)17-2/h5-6H,12H2,1-2H3. The Morgan fingerprint density at radius 3 is 2.71 bits per heavy atom. The Kier molecular flexibility index (Phi) is 3.67. The highest BCUT2D eigenvalue weighted by Crippen LogP contribution is 2.23. The molecule has 0 fully saturated rings. The second kappa shape index (κ2) is 4.99. The number of methoxy groups -OCH3 is 1. The zero-order valence-electron chi connectivity index (χ0n) is 9.31. The molecule has 0 saturated heterocycles. The minimum absolute atomic E-state index is 0.120. The summed E-state index contributed by atoms with van der Waals surface area (Å²) < 4.78 is 4.33. The first-order valence-corrected chi connectivity index (χ1v) is 4.60. The van der Waals surface area contributed by atoms with Gasteiger partial charge in [-0.3, -0.25) is 10.1 Å². The number of benzene rings is 1. The van der Waals surface area contributed by atoms with Gasteiger partial charge in [0.05, 0.1) is 23.3 Å². The van der Waals surface area contributed by atoms with Crippen molar-refractivity contribution in [3.8, 4) is 11.8 Å². The van der Waals surface area contributed by atoms with Crippen LogP contribution in [-0.4, -0.2) is 18.0 Å². The van der Waals surface area contributed by atoms with E-state index in [0.717, 1.165) is 0 Å². The molecule has 0 aliphatic carbocycles. The van der Waals surface area contributed by atoms with Crippen molar-refractivity contribution in [2.45, 2.75) is 6.92 Å². The van der Waals surface area contributed by atoms with E-state index >= 15 is 0 Å². The SMILES string of the molecule is COC(=O)C#Cc1cc([N+](=O)[O-])cc(C)c1N. The number of non-ortho nitro benzene ring substituents is 1. The fourth-order valence-electron chi connectivity index (χ4n) is 1.16. The summed E-state index contributed by atoms with van der Waals surface area (Å²) in [5.41, 5.74) is 6.67. The molecule has 0 atom stereocenters. The van der Waals surface area contributed by atoms with Crippen molar-refractivity contribution < 1.29 is 14.5 Å². The third-order valence-corrected chi connectivity index (χ3v) is 2.07. The molecule has 0 spiro atoms. The number of nitrogens with two attached hydrogens (primary N) is 1. The zero-order valence-corrected chi connectivity index (χ0v) is 9.31. The van der Waals surface area contributed by atoms with Crippen LogP contribution in [0.1, 0.15) is 11.1 Å². The highest BCUT2D eigenvalue weighted by atomic mass is 16.6. The number of nitrogens with zero attached hydrogens (tertiary/aromatic N) is 1. The molecule has 0 amide bonds. The molecule has 6 nitrogen and oxygen atoms in total. The van der Waals surface area contributed by atoms with Crippen molar-refractivity contribution in [3.63, 3.8) is 0 Å². The summed E-state index contributed by atoms with van der Waals surface area (Å²) in [6.45, 7) is 1.63. The summed E-state index contributed by atoms with van der Waals surface area (Å²) in [6.07, 6.45) is 0. The topological polar surface area (TPSA) is 95.5 Å². The summed E-state index contributed by atoms with van der Waals surface area (Å²) >= 11 is 0. The van der Waals surface area contributed by atoms with Crippen LogP contribution in [0.25, 0.3) is 0 Å². The molecule has 0 aliphatic heterocycles. The second-order valence-corrected chi connectivity index (χ2v) is 3.22. The van der Waals surface area contributed by atoms with Crippen molar-refractivity contribution in [1.29, 1.82) is 0 Å². The van der Waals surface area contributed by atoms with Gasteiger partial charge in [-0.05, 0) is 12.5 Å². The van der Waals surface area contributed by atoms with Gasteiger partial charge in [0.2, 0.25) is 0 Å². The van der Waals surface area contributed by atoms with Crippen molar-refractivity contribution in [2.24, 2.45) is 0 Å². The third-order valence-electron chi connectivity index (χ3n) is 2.07. The average Bonchev–Trinajstić information content (AvgIpc) is 2.30. The van der Waals surface area contributed by atoms with E-state index in [4.69, 9.17) is 5.73 Å². The van der Waals surface area contributed by atoms with E-state index in [2.05, 4.69) is 16.6 Å². The summed E-state index contributed by atoms with van der Waals surface area (Å²) in [7, 11) is 1.19. The average molecular weight is 234 g/mol. The van der Waals surface area contributed by atoms with E-state index in [-0.39, 0.29) is 11.3 Å². The summed E-state index contributed by atoms with van der Waals surface area (Å²) in [5.74, 6) is 3.89. The van der Waals surface area contributed by atoms with Gasteiger partial charge in [-0.15, -0.1) is 0 Å². The number of ether oxygens (including phenoxy) is 1. The van der Waals surface area contributed by atoms with Crippen LogP contribution >= 0.6 is 0 Å². The minimum Gasteiger partial charge on any atom is -0.459 e.